The Kier molecular flexibility index (Phi) is 7.18. The molecule has 1 atom stereocenters. The van der Waals surface area contributed by atoms with Crippen LogP contribution in [-0.2, 0) is 0 Å². The number of hydrogen-bond acceptors (Lipinski definition) is 3. The van der Waals surface area contributed by atoms with Crippen molar-refractivity contribution in [2.75, 3.05) is 26.7 Å². The summed E-state index contributed by atoms with van der Waals surface area (Å²) in [5.74, 6) is 0.675. The number of carbonyl (C=O) groups is 1. The van der Waals surface area contributed by atoms with Gasteiger partial charge in [-0.25, -0.2) is 4.79 Å². The number of nitrogens with zero attached hydrogens (tertiary/aromatic N) is 1. The summed E-state index contributed by atoms with van der Waals surface area (Å²) in [7, 11) is 1.69. The largest absolute Gasteiger partial charge is 0.492 e. The van der Waals surface area contributed by atoms with Gasteiger partial charge in [0.1, 0.15) is 12.4 Å². The van der Waals surface area contributed by atoms with Crippen LogP contribution in [0.2, 0.25) is 5.02 Å². The summed E-state index contributed by atoms with van der Waals surface area (Å²) < 4.78 is 5.46. The van der Waals surface area contributed by atoms with E-state index in [0.29, 0.717) is 36.9 Å². The molecule has 6 heteroatoms. The monoisotopic (exact) mass is 300 g/mol. The molecule has 1 unspecified atom stereocenters. The lowest BCUT2D eigenvalue weighted by Crippen LogP contribution is -2.40. The molecule has 0 radical (unpaired) electrons. The third-order valence-corrected chi connectivity index (χ3v) is 2.91. The van der Waals surface area contributed by atoms with Crippen LogP contribution < -0.4 is 10.1 Å². The van der Waals surface area contributed by atoms with Crippen molar-refractivity contribution in [3.63, 3.8) is 0 Å². The average Bonchev–Trinajstić information content (AvgIpc) is 2.40. The van der Waals surface area contributed by atoms with E-state index in [4.69, 9.17) is 21.4 Å². The fourth-order valence-electron chi connectivity index (χ4n) is 1.50. The van der Waals surface area contributed by atoms with Crippen molar-refractivity contribution in [1.29, 1.82) is 0 Å². The van der Waals surface area contributed by atoms with E-state index in [1.807, 2.05) is 6.07 Å². The van der Waals surface area contributed by atoms with Crippen LogP contribution in [0.3, 0.4) is 0 Å². The van der Waals surface area contributed by atoms with E-state index in [1.54, 1.807) is 32.2 Å². The molecule has 2 N–H and O–H groups in total. The van der Waals surface area contributed by atoms with E-state index in [2.05, 4.69) is 5.32 Å². The van der Waals surface area contributed by atoms with Crippen LogP contribution in [-0.4, -0.2) is 48.9 Å². The van der Waals surface area contributed by atoms with Crippen molar-refractivity contribution in [3.05, 3.63) is 29.3 Å². The minimum absolute atomic E-state index is 0.180. The molecule has 5 nitrogen and oxygen atoms in total. The van der Waals surface area contributed by atoms with Crippen LogP contribution in [0.1, 0.15) is 13.3 Å². The summed E-state index contributed by atoms with van der Waals surface area (Å²) in [5, 5.41) is 12.5. The highest BCUT2D eigenvalue weighted by Crippen LogP contribution is 2.16. The van der Waals surface area contributed by atoms with Crippen LogP contribution in [0, 0.1) is 0 Å². The van der Waals surface area contributed by atoms with E-state index in [9.17, 15) is 4.79 Å². The van der Waals surface area contributed by atoms with Crippen molar-refractivity contribution < 1.29 is 14.6 Å². The van der Waals surface area contributed by atoms with Gasteiger partial charge in [-0.3, -0.25) is 0 Å². The molecule has 0 aliphatic heterocycles. The molecule has 1 rings (SSSR count). The van der Waals surface area contributed by atoms with Gasteiger partial charge in [-0.1, -0.05) is 17.7 Å². The lowest BCUT2D eigenvalue weighted by atomic mass is 10.3. The maximum atomic E-state index is 11.7. The number of nitrogens with one attached hydrogen (secondary N) is 1. The summed E-state index contributed by atoms with van der Waals surface area (Å²) in [5.41, 5.74) is 0. The number of benzene rings is 1. The van der Waals surface area contributed by atoms with Gasteiger partial charge < -0.3 is 20.1 Å². The molecular formula is C14H21ClN2O3. The van der Waals surface area contributed by atoms with E-state index >= 15 is 0 Å². The first kappa shape index (κ1) is 16.6. The SMILES string of the molecule is CC(O)CCN(C)C(=O)NCCOc1cccc(Cl)c1. The number of urea groups is 1. The van der Waals surface area contributed by atoms with Crippen molar-refractivity contribution >= 4 is 17.6 Å². The predicted octanol–water partition coefficient (Wildman–Crippen LogP) is 2.13. The molecule has 1 aromatic carbocycles. The molecule has 20 heavy (non-hydrogen) atoms. The van der Waals surface area contributed by atoms with Crippen LogP contribution in [0.5, 0.6) is 5.75 Å². The second kappa shape index (κ2) is 8.66. The van der Waals surface area contributed by atoms with Crippen LogP contribution in [0.4, 0.5) is 4.79 Å². The van der Waals surface area contributed by atoms with Gasteiger partial charge in [0.05, 0.1) is 12.6 Å². The third kappa shape index (κ3) is 6.63. The van der Waals surface area contributed by atoms with Crippen molar-refractivity contribution in [3.8, 4) is 5.75 Å². The van der Waals surface area contributed by atoms with Gasteiger partial charge in [0.2, 0.25) is 0 Å². The molecule has 0 saturated heterocycles. The van der Waals surface area contributed by atoms with Gasteiger partial charge in [-0.05, 0) is 31.5 Å². The number of amides is 2. The molecule has 1 aromatic rings. The van der Waals surface area contributed by atoms with Gasteiger partial charge >= 0.3 is 6.03 Å². The molecule has 0 aliphatic carbocycles. The Morgan fingerprint density at radius 3 is 2.95 bits per heavy atom. The van der Waals surface area contributed by atoms with Gasteiger partial charge in [0.15, 0.2) is 0 Å². The lowest BCUT2D eigenvalue weighted by molar-refractivity contribution is 0.162. The minimum atomic E-state index is -0.406. The highest BCUT2D eigenvalue weighted by molar-refractivity contribution is 6.30. The lowest BCUT2D eigenvalue weighted by Gasteiger charge is -2.18. The van der Waals surface area contributed by atoms with E-state index in [-0.39, 0.29) is 6.03 Å². The van der Waals surface area contributed by atoms with E-state index in [1.165, 1.54) is 4.90 Å². The van der Waals surface area contributed by atoms with Gasteiger partial charge in [-0.2, -0.15) is 0 Å². The van der Waals surface area contributed by atoms with E-state index < -0.39 is 6.10 Å². The Morgan fingerprint density at radius 2 is 2.30 bits per heavy atom. The average molecular weight is 301 g/mol. The molecule has 0 fully saturated rings. The Balaban J connectivity index is 2.18. The molecule has 112 valence electrons. The number of aliphatic hydroxyl groups excluding tert-OH is 1. The zero-order chi connectivity index (χ0) is 15.0. The first-order chi connectivity index (χ1) is 9.49. The molecule has 0 saturated carbocycles. The summed E-state index contributed by atoms with van der Waals surface area (Å²) in [6.07, 6.45) is 0.152. The molecule has 2 amide bonds. The fraction of sp³-hybridized carbons (Fsp3) is 0.500. The topological polar surface area (TPSA) is 61.8 Å². The predicted molar refractivity (Wildman–Crippen MR) is 79.3 cm³/mol. The van der Waals surface area contributed by atoms with Crippen LogP contribution in [0.25, 0.3) is 0 Å². The summed E-state index contributed by atoms with van der Waals surface area (Å²) in [6, 6.07) is 6.92. The van der Waals surface area contributed by atoms with E-state index in [0.717, 1.165) is 0 Å². The first-order valence-electron chi connectivity index (χ1n) is 6.54. The Labute approximate surface area is 124 Å². The number of halogens is 1. The molecule has 0 bridgehead atoms. The van der Waals surface area contributed by atoms with Crippen LogP contribution >= 0.6 is 11.6 Å². The highest BCUT2D eigenvalue weighted by Gasteiger charge is 2.08. The quantitative estimate of drug-likeness (QED) is 0.758. The molecule has 0 spiro atoms. The van der Waals surface area contributed by atoms with Gasteiger partial charge in [0, 0.05) is 18.6 Å². The summed E-state index contributed by atoms with van der Waals surface area (Å²) in [4.78, 5) is 13.2. The van der Waals surface area contributed by atoms with Crippen molar-refractivity contribution in [2.45, 2.75) is 19.4 Å². The first-order valence-corrected chi connectivity index (χ1v) is 6.92. The number of aliphatic hydroxyl groups is 1. The van der Waals surface area contributed by atoms with Crippen molar-refractivity contribution in [2.24, 2.45) is 0 Å². The third-order valence-electron chi connectivity index (χ3n) is 2.67. The Morgan fingerprint density at radius 1 is 1.55 bits per heavy atom. The van der Waals surface area contributed by atoms with Crippen LogP contribution in [0.15, 0.2) is 24.3 Å². The fourth-order valence-corrected chi connectivity index (χ4v) is 1.68. The standard InChI is InChI=1S/C14H21ClN2O3/c1-11(18)6-8-17(2)14(19)16-7-9-20-13-5-3-4-12(15)10-13/h3-5,10-11,18H,6-9H2,1-2H3,(H,16,19). The van der Waals surface area contributed by atoms with Gasteiger partial charge in [-0.15, -0.1) is 0 Å². The molecule has 0 heterocycles. The number of hydrogen-bond donors (Lipinski definition) is 2. The number of rotatable bonds is 7. The highest BCUT2D eigenvalue weighted by atomic mass is 35.5. The van der Waals surface area contributed by atoms with Gasteiger partial charge in [0.25, 0.3) is 0 Å². The number of carbonyl (C=O) groups excluding carboxylic acids is 1. The summed E-state index contributed by atoms with van der Waals surface area (Å²) >= 11 is 5.83. The molecule has 0 aliphatic rings. The second-order valence-corrected chi connectivity index (χ2v) is 5.03. The molecule has 0 aromatic heterocycles. The zero-order valence-corrected chi connectivity index (χ0v) is 12.6. The Hall–Kier alpha value is -1.46. The molecular weight excluding hydrogens is 280 g/mol. The minimum Gasteiger partial charge on any atom is -0.492 e. The zero-order valence-electron chi connectivity index (χ0n) is 11.8. The summed E-state index contributed by atoms with van der Waals surface area (Å²) in [6.45, 7) is 2.99. The maximum absolute atomic E-state index is 11.7. The maximum Gasteiger partial charge on any atom is 0.317 e. The smallest absolute Gasteiger partial charge is 0.317 e. The second-order valence-electron chi connectivity index (χ2n) is 4.60. The Bertz CT molecular complexity index is 427. The normalized spacial score (nSPS) is 11.8. The van der Waals surface area contributed by atoms with Crippen molar-refractivity contribution in [1.82, 2.24) is 10.2 Å². The number of ether oxygens (including phenoxy) is 1.